The average Bonchev–Trinajstić information content (AvgIpc) is 2.64. The summed E-state index contributed by atoms with van der Waals surface area (Å²) in [6.45, 7) is 1.85. The molecule has 0 aliphatic heterocycles. The normalized spacial score (nSPS) is 19.4. The number of tetrazole rings is 1. The number of hydrogen-bond acceptors (Lipinski definition) is 4. The summed E-state index contributed by atoms with van der Waals surface area (Å²) in [6, 6.07) is -0.184. The van der Waals surface area contributed by atoms with Crippen molar-refractivity contribution in [2.45, 2.75) is 63.8 Å². The number of aromatic nitrogens is 4. The van der Waals surface area contributed by atoms with E-state index < -0.39 is 5.97 Å². The van der Waals surface area contributed by atoms with Crippen LogP contribution in [-0.2, 0) is 4.79 Å². The lowest BCUT2D eigenvalue weighted by atomic mass is 9.99. The van der Waals surface area contributed by atoms with Crippen LogP contribution in [0, 0.1) is 0 Å². The van der Waals surface area contributed by atoms with Crippen LogP contribution in [0.15, 0.2) is 0 Å². The van der Waals surface area contributed by atoms with Crippen molar-refractivity contribution in [1.82, 2.24) is 20.2 Å². The van der Waals surface area contributed by atoms with E-state index in [1.54, 1.807) is 4.68 Å². The zero-order chi connectivity index (χ0) is 13.0. The quantitative estimate of drug-likeness (QED) is 0.830. The number of carboxylic acid groups (broad SMARTS) is 1. The van der Waals surface area contributed by atoms with E-state index in [2.05, 4.69) is 15.5 Å². The Balaban J connectivity index is 2.12. The highest BCUT2D eigenvalue weighted by Gasteiger charge is 2.23. The summed E-state index contributed by atoms with van der Waals surface area (Å²) in [4.78, 5) is 10.8. The van der Waals surface area contributed by atoms with Crippen molar-refractivity contribution in [3.8, 4) is 0 Å². The Morgan fingerprint density at radius 3 is 2.67 bits per heavy atom. The fourth-order valence-electron chi connectivity index (χ4n) is 2.66. The Labute approximate surface area is 106 Å². The highest BCUT2D eigenvalue weighted by Crippen LogP contribution is 2.31. The maximum absolute atomic E-state index is 10.8. The number of aliphatic carboxylic acids is 1. The predicted molar refractivity (Wildman–Crippen MR) is 65.2 cm³/mol. The molecule has 1 unspecified atom stereocenters. The van der Waals surface area contributed by atoms with Crippen LogP contribution in [0.3, 0.4) is 0 Å². The van der Waals surface area contributed by atoms with Crippen molar-refractivity contribution in [1.29, 1.82) is 0 Å². The molecule has 1 N–H and O–H groups in total. The van der Waals surface area contributed by atoms with Gasteiger partial charge in [0.05, 0.1) is 12.5 Å². The lowest BCUT2D eigenvalue weighted by Crippen LogP contribution is -2.17. The third kappa shape index (κ3) is 3.05. The van der Waals surface area contributed by atoms with Crippen molar-refractivity contribution in [3.05, 3.63) is 5.82 Å². The zero-order valence-corrected chi connectivity index (χ0v) is 10.7. The molecule has 6 heteroatoms. The molecule has 6 nitrogen and oxygen atoms in total. The van der Waals surface area contributed by atoms with Gasteiger partial charge in [0, 0.05) is 5.92 Å². The molecule has 1 saturated carbocycles. The summed E-state index contributed by atoms with van der Waals surface area (Å²) in [5.41, 5.74) is 0. The van der Waals surface area contributed by atoms with Gasteiger partial charge in [0.1, 0.15) is 0 Å². The molecule has 0 bridgehead atoms. The van der Waals surface area contributed by atoms with Crippen LogP contribution in [0.2, 0.25) is 0 Å². The lowest BCUT2D eigenvalue weighted by Gasteiger charge is -2.16. The Morgan fingerprint density at radius 2 is 2.06 bits per heavy atom. The molecule has 0 radical (unpaired) electrons. The highest BCUT2D eigenvalue weighted by atomic mass is 16.4. The van der Waals surface area contributed by atoms with Crippen molar-refractivity contribution in [2.75, 3.05) is 0 Å². The van der Waals surface area contributed by atoms with Gasteiger partial charge in [0.25, 0.3) is 0 Å². The van der Waals surface area contributed by atoms with Gasteiger partial charge < -0.3 is 5.11 Å². The van der Waals surface area contributed by atoms with Crippen LogP contribution in [0.1, 0.15) is 69.7 Å². The van der Waals surface area contributed by atoms with E-state index in [1.807, 2.05) is 6.92 Å². The molecule has 0 saturated heterocycles. The first-order chi connectivity index (χ1) is 8.68. The van der Waals surface area contributed by atoms with Gasteiger partial charge in [-0.2, -0.15) is 0 Å². The second kappa shape index (κ2) is 5.93. The lowest BCUT2D eigenvalue weighted by molar-refractivity contribution is -0.137. The summed E-state index contributed by atoms with van der Waals surface area (Å²) in [7, 11) is 0. The van der Waals surface area contributed by atoms with Gasteiger partial charge in [-0.15, -0.1) is 5.10 Å². The van der Waals surface area contributed by atoms with E-state index in [4.69, 9.17) is 5.11 Å². The van der Waals surface area contributed by atoms with Gasteiger partial charge in [0.15, 0.2) is 5.82 Å². The van der Waals surface area contributed by atoms with Crippen molar-refractivity contribution >= 4 is 5.97 Å². The van der Waals surface area contributed by atoms with Gasteiger partial charge in [0.2, 0.25) is 0 Å². The molecule has 1 fully saturated rings. The summed E-state index contributed by atoms with van der Waals surface area (Å²) >= 11 is 0. The van der Waals surface area contributed by atoms with E-state index in [0.29, 0.717) is 5.92 Å². The maximum Gasteiger partial charge on any atom is 0.305 e. The summed E-state index contributed by atoms with van der Waals surface area (Å²) in [5.74, 6) is 0.439. The van der Waals surface area contributed by atoms with Gasteiger partial charge in [-0.1, -0.05) is 25.7 Å². The molecule has 1 aromatic rings. The molecule has 2 rings (SSSR count). The third-order valence-electron chi connectivity index (χ3n) is 3.63. The molecule has 1 heterocycles. The second-order valence-corrected chi connectivity index (χ2v) is 5.12. The van der Waals surface area contributed by atoms with Crippen molar-refractivity contribution in [3.63, 3.8) is 0 Å². The molecule has 18 heavy (non-hydrogen) atoms. The average molecular weight is 252 g/mol. The number of nitrogens with zero attached hydrogens (tertiary/aromatic N) is 4. The van der Waals surface area contributed by atoms with Crippen LogP contribution < -0.4 is 0 Å². The largest absolute Gasteiger partial charge is 0.481 e. The molecular formula is C12H20N4O2. The maximum atomic E-state index is 10.8. The van der Waals surface area contributed by atoms with E-state index in [1.165, 1.54) is 25.7 Å². The fourth-order valence-corrected chi connectivity index (χ4v) is 2.66. The Kier molecular flexibility index (Phi) is 4.28. The van der Waals surface area contributed by atoms with Crippen molar-refractivity contribution < 1.29 is 9.90 Å². The standard InChI is InChI=1S/C12H20N4O2/c1-9(8-11(17)18)16-12(13-14-15-16)10-6-4-2-3-5-7-10/h9-10H,2-8H2,1H3,(H,17,18). The monoisotopic (exact) mass is 252 g/mol. The minimum atomic E-state index is -0.815. The molecule has 1 aliphatic rings. The number of carboxylic acids is 1. The molecule has 0 spiro atoms. The molecule has 1 aliphatic carbocycles. The highest BCUT2D eigenvalue weighted by molar-refractivity contribution is 5.67. The van der Waals surface area contributed by atoms with Crippen LogP contribution >= 0.6 is 0 Å². The topological polar surface area (TPSA) is 80.9 Å². The van der Waals surface area contributed by atoms with Crippen molar-refractivity contribution in [2.24, 2.45) is 0 Å². The first kappa shape index (κ1) is 13.0. The van der Waals surface area contributed by atoms with Gasteiger partial charge >= 0.3 is 5.97 Å². The molecule has 1 aromatic heterocycles. The van der Waals surface area contributed by atoms with Crippen LogP contribution in [-0.4, -0.2) is 31.3 Å². The Bertz CT molecular complexity index is 397. The summed E-state index contributed by atoms with van der Waals surface area (Å²) in [5, 5.41) is 20.7. The zero-order valence-electron chi connectivity index (χ0n) is 10.7. The van der Waals surface area contributed by atoms with Crippen LogP contribution in [0.4, 0.5) is 0 Å². The fraction of sp³-hybridized carbons (Fsp3) is 0.833. The molecule has 100 valence electrons. The van der Waals surface area contributed by atoms with Gasteiger partial charge in [-0.25, -0.2) is 4.68 Å². The van der Waals surface area contributed by atoms with Gasteiger partial charge in [-0.05, 0) is 30.2 Å². The molecule has 1 atom stereocenters. The van der Waals surface area contributed by atoms with Crippen LogP contribution in [0.25, 0.3) is 0 Å². The number of rotatable bonds is 4. The minimum absolute atomic E-state index is 0.0603. The van der Waals surface area contributed by atoms with E-state index in [9.17, 15) is 4.79 Å². The first-order valence-electron chi connectivity index (χ1n) is 6.68. The van der Waals surface area contributed by atoms with Crippen LogP contribution in [0.5, 0.6) is 0 Å². The Morgan fingerprint density at radius 1 is 1.39 bits per heavy atom. The predicted octanol–water partition coefficient (Wildman–Crippen LogP) is 2.15. The summed E-state index contributed by atoms with van der Waals surface area (Å²) < 4.78 is 1.70. The SMILES string of the molecule is CC(CC(=O)O)n1nnnc1C1CCCCCC1. The molecule has 0 aromatic carbocycles. The number of carbonyl (C=O) groups is 1. The molecule has 0 amide bonds. The first-order valence-corrected chi connectivity index (χ1v) is 6.68. The number of hydrogen-bond donors (Lipinski definition) is 1. The van der Waals surface area contributed by atoms with E-state index >= 15 is 0 Å². The second-order valence-electron chi connectivity index (χ2n) is 5.12. The van der Waals surface area contributed by atoms with E-state index in [-0.39, 0.29) is 12.5 Å². The smallest absolute Gasteiger partial charge is 0.305 e. The summed E-state index contributed by atoms with van der Waals surface area (Å²) in [6.07, 6.45) is 7.27. The van der Waals surface area contributed by atoms with Gasteiger partial charge in [-0.3, -0.25) is 4.79 Å². The van der Waals surface area contributed by atoms with E-state index in [0.717, 1.165) is 18.7 Å². The minimum Gasteiger partial charge on any atom is -0.481 e. The molecular weight excluding hydrogens is 232 g/mol. The third-order valence-corrected chi connectivity index (χ3v) is 3.63. The Hall–Kier alpha value is -1.46.